The number of hydrogen-bond donors (Lipinski definition) is 0. The molecule has 3 aromatic rings. The SMILES string of the molecule is Cc1ccc(Sc2cc(C#N)c3ccccc3n2)c(C)c1. The van der Waals surface area contributed by atoms with Crippen LogP contribution in [-0.2, 0) is 0 Å². The molecule has 0 spiro atoms. The van der Waals surface area contributed by atoms with Crippen LogP contribution in [0.15, 0.2) is 58.5 Å². The van der Waals surface area contributed by atoms with Crippen molar-refractivity contribution >= 4 is 22.7 Å². The number of aromatic nitrogens is 1. The zero-order valence-corrected chi connectivity index (χ0v) is 12.7. The fourth-order valence-electron chi connectivity index (χ4n) is 2.32. The average Bonchev–Trinajstić information content (AvgIpc) is 2.49. The van der Waals surface area contributed by atoms with E-state index in [0.717, 1.165) is 15.9 Å². The Kier molecular flexibility index (Phi) is 3.64. The van der Waals surface area contributed by atoms with Crippen molar-refractivity contribution < 1.29 is 0 Å². The van der Waals surface area contributed by atoms with Crippen molar-refractivity contribution in [1.82, 2.24) is 4.98 Å². The molecule has 0 N–H and O–H groups in total. The predicted molar refractivity (Wildman–Crippen MR) is 86.5 cm³/mol. The molecule has 0 bridgehead atoms. The lowest BCUT2D eigenvalue weighted by atomic mass is 10.1. The van der Waals surface area contributed by atoms with Gasteiger partial charge in [0.25, 0.3) is 0 Å². The van der Waals surface area contributed by atoms with Gasteiger partial charge in [0.2, 0.25) is 0 Å². The van der Waals surface area contributed by atoms with Crippen molar-refractivity contribution in [2.45, 2.75) is 23.8 Å². The van der Waals surface area contributed by atoms with E-state index >= 15 is 0 Å². The molecule has 0 fully saturated rings. The van der Waals surface area contributed by atoms with Gasteiger partial charge in [-0.2, -0.15) is 5.26 Å². The van der Waals surface area contributed by atoms with Crippen LogP contribution in [0.25, 0.3) is 10.9 Å². The normalized spacial score (nSPS) is 10.5. The van der Waals surface area contributed by atoms with Crippen molar-refractivity contribution in [2.75, 3.05) is 0 Å². The number of para-hydroxylation sites is 1. The molecule has 0 amide bonds. The Labute approximate surface area is 128 Å². The number of nitrogens with zero attached hydrogens (tertiary/aromatic N) is 2. The van der Waals surface area contributed by atoms with E-state index in [0.29, 0.717) is 5.56 Å². The Bertz CT molecular complexity index is 863. The van der Waals surface area contributed by atoms with E-state index in [1.165, 1.54) is 16.0 Å². The van der Waals surface area contributed by atoms with E-state index in [1.807, 2.05) is 30.3 Å². The first-order valence-corrected chi connectivity index (χ1v) is 7.54. The summed E-state index contributed by atoms with van der Waals surface area (Å²) in [7, 11) is 0. The molecule has 2 aromatic carbocycles. The minimum atomic E-state index is 0.674. The Balaban J connectivity index is 2.07. The molecule has 1 heterocycles. The summed E-state index contributed by atoms with van der Waals surface area (Å²) in [6.07, 6.45) is 0. The molecule has 0 aliphatic rings. The number of fused-ring (bicyclic) bond motifs is 1. The van der Waals surface area contributed by atoms with Gasteiger partial charge in [-0.05, 0) is 37.6 Å². The molecule has 2 nitrogen and oxygen atoms in total. The molecule has 21 heavy (non-hydrogen) atoms. The van der Waals surface area contributed by atoms with Gasteiger partial charge in [0.05, 0.1) is 17.1 Å². The summed E-state index contributed by atoms with van der Waals surface area (Å²) in [5, 5.41) is 11.1. The van der Waals surface area contributed by atoms with Crippen LogP contribution in [0.5, 0.6) is 0 Å². The maximum Gasteiger partial charge on any atom is 0.103 e. The van der Waals surface area contributed by atoms with Gasteiger partial charge >= 0.3 is 0 Å². The van der Waals surface area contributed by atoms with Crippen LogP contribution in [0.3, 0.4) is 0 Å². The van der Waals surface area contributed by atoms with Crippen molar-refractivity contribution in [3.63, 3.8) is 0 Å². The molecule has 1 aromatic heterocycles. The third-order valence-electron chi connectivity index (χ3n) is 3.36. The number of pyridine rings is 1. The topological polar surface area (TPSA) is 36.7 Å². The van der Waals surface area contributed by atoms with Gasteiger partial charge < -0.3 is 0 Å². The quantitative estimate of drug-likeness (QED) is 0.675. The first kappa shape index (κ1) is 13.7. The van der Waals surface area contributed by atoms with Gasteiger partial charge in [-0.3, -0.25) is 0 Å². The molecular weight excluding hydrogens is 276 g/mol. The van der Waals surface area contributed by atoms with E-state index in [1.54, 1.807) is 11.8 Å². The van der Waals surface area contributed by atoms with Crippen LogP contribution in [-0.4, -0.2) is 4.98 Å². The van der Waals surface area contributed by atoms with Crippen LogP contribution in [0, 0.1) is 25.2 Å². The standard InChI is InChI=1S/C18H14N2S/c1-12-7-8-17(13(2)9-12)21-18-10-14(11-19)15-5-3-4-6-16(15)20-18/h3-10H,1-2H3. The van der Waals surface area contributed by atoms with Gasteiger partial charge in [-0.15, -0.1) is 0 Å². The van der Waals surface area contributed by atoms with Gasteiger partial charge in [0.1, 0.15) is 5.03 Å². The maximum absolute atomic E-state index is 9.33. The van der Waals surface area contributed by atoms with Crippen LogP contribution in [0.4, 0.5) is 0 Å². The second-order valence-electron chi connectivity index (χ2n) is 5.01. The highest BCUT2D eigenvalue weighted by Crippen LogP contribution is 2.31. The molecular formula is C18H14N2S. The van der Waals surface area contributed by atoms with E-state index in [-0.39, 0.29) is 0 Å². The number of nitriles is 1. The molecule has 0 radical (unpaired) electrons. The Morgan fingerprint density at radius 3 is 2.62 bits per heavy atom. The minimum Gasteiger partial charge on any atom is -0.241 e. The third kappa shape index (κ3) is 2.76. The smallest absolute Gasteiger partial charge is 0.103 e. The Hall–Kier alpha value is -2.31. The van der Waals surface area contributed by atoms with Crippen molar-refractivity contribution in [1.29, 1.82) is 5.26 Å². The van der Waals surface area contributed by atoms with Crippen LogP contribution < -0.4 is 0 Å². The predicted octanol–water partition coefficient (Wildman–Crippen LogP) is 4.87. The lowest BCUT2D eigenvalue weighted by Gasteiger charge is -2.08. The summed E-state index contributed by atoms with van der Waals surface area (Å²) in [5.41, 5.74) is 4.02. The van der Waals surface area contributed by atoms with Crippen molar-refractivity contribution in [3.05, 3.63) is 65.2 Å². The van der Waals surface area contributed by atoms with Crippen molar-refractivity contribution in [2.24, 2.45) is 0 Å². The maximum atomic E-state index is 9.33. The van der Waals surface area contributed by atoms with Gasteiger partial charge in [-0.1, -0.05) is 47.7 Å². The molecule has 0 saturated heterocycles. The highest BCUT2D eigenvalue weighted by Gasteiger charge is 2.08. The largest absolute Gasteiger partial charge is 0.241 e. The summed E-state index contributed by atoms with van der Waals surface area (Å²) in [5.74, 6) is 0. The van der Waals surface area contributed by atoms with Crippen LogP contribution >= 0.6 is 11.8 Å². The Morgan fingerprint density at radius 1 is 1.05 bits per heavy atom. The van der Waals surface area contributed by atoms with Crippen LogP contribution in [0.2, 0.25) is 0 Å². The summed E-state index contributed by atoms with van der Waals surface area (Å²) >= 11 is 1.61. The first-order valence-electron chi connectivity index (χ1n) is 6.72. The lowest BCUT2D eigenvalue weighted by molar-refractivity contribution is 1.17. The molecule has 0 saturated carbocycles. The Morgan fingerprint density at radius 2 is 1.86 bits per heavy atom. The highest BCUT2D eigenvalue weighted by atomic mass is 32.2. The fraction of sp³-hybridized carbons (Fsp3) is 0.111. The van der Waals surface area contributed by atoms with Gasteiger partial charge in [0.15, 0.2) is 0 Å². The number of aryl methyl sites for hydroxylation is 2. The van der Waals surface area contributed by atoms with E-state index < -0.39 is 0 Å². The van der Waals surface area contributed by atoms with Crippen molar-refractivity contribution in [3.8, 4) is 6.07 Å². The second-order valence-corrected chi connectivity index (χ2v) is 6.07. The lowest BCUT2D eigenvalue weighted by Crippen LogP contribution is -1.89. The average molecular weight is 290 g/mol. The highest BCUT2D eigenvalue weighted by molar-refractivity contribution is 7.99. The molecule has 3 rings (SSSR count). The minimum absolute atomic E-state index is 0.674. The number of hydrogen-bond acceptors (Lipinski definition) is 3. The number of rotatable bonds is 2. The molecule has 102 valence electrons. The summed E-state index contributed by atoms with van der Waals surface area (Å²) in [6, 6.07) is 18.3. The van der Waals surface area contributed by atoms with Gasteiger partial charge in [0, 0.05) is 10.3 Å². The monoisotopic (exact) mass is 290 g/mol. The van der Waals surface area contributed by atoms with E-state index in [2.05, 4.69) is 43.1 Å². The summed E-state index contributed by atoms with van der Waals surface area (Å²) < 4.78 is 0. The molecule has 0 aliphatic heterocycles. The zero-order chi connectivity index (χ0) is 14.8. The summed E-state index contributed by atoms with van der Waals surface area (Å²) in [4.78, 5) is 5.83. The molecule has 3 heteroatoms. The molecule has 0 unspecified atom stereocenters. The second kappa shape index (κ2) is 5.59. The first-order chi connectivity index (χ1) is 10.2. The number of benzene rings is 2. The molecule has 0 atom stereocenters. The third-order valence-corrected chi connectivity index (χ3v) is 4.45. The summed E-state index contributed by atoms with van der Waals surface area (Å²) in [6.45, 7) is 4.19. The van der Waals surface area contributed by atoms with E-state index in [9.17, 15) is 5.26 Å². The molecule has 0 aliphatic carbocycles. The van der Waals surface area contributed by atoms with Crippen LogP contribution in [0.1, 0.15) is 16.7 Å². The zero-order valence-electron chi connectivity index (χ0n) is 11.9. The van der Waals surface area contributed by atoms with E-state index in [4.69, 9.17) is 0 Å². The fourth-order valence-corrected chi connectivity index (χ4v) is 3.22. The van der Waals surface area contributed by atoms with Gasteiger partial charge in [-0.25, -0.2) is 4.98 Å².